The first-order valence-electron chi connectivity index (χ1n) is 6.08. The van der Waals surface area contributed by atoms with Gasteiger partial charge in [0.1, 0.15) is 0 Å². The maximum absolute atomic E-state index is 11.2. The Bertz CT molecular complexity index is 376. The second-order valence-corrected chi connectivity index (χ2v) is 4.95. The zero-order chi connectivity index (χ0) is 13.5. The summed E-state index contributed by atoms with van der Waals surface area (Å²) in [6, 6.07) is 8.17. The molecule has 0 amide bonds. The average Bonchev–Trinajstić information content (AvgIpc) is 2.35. The molecule has 0 aliphatic carbocycles. The lowest BCUT2D eigenvalue weighted by Gasteiger charge is -2.26. The summed E-state index contributed by atoms with van der Waals surface area (Å²) >= 11 is 5.86. The van der Waals surface area contributed by atoms with Gasteiger partial charge >= 0.3 is 5.97 Å². The summed E-state index contributed by atoms with van der Waals surface area (Å²) in [7, 11) is 1.42. The van der Waals surface area contributed by atoms with Crippen LogP contribution in [-0.4, -0.2) is 30.6 Å². The number of esters is 1. The smallest absolute Gasteiger partial charge is 0.306 e. The molecule has 0 aliphatic rings. The van der Waals surface area contributed by atoms with Gasteiger partial charge in [0, 0.05) is 24.2 Å². The van der Waals surface area contributed by atoms with Crippen molar-refractivity contribution in [2.24, 2.45) is 0 Å². The number of halogens is 1. The van der Waals surface area contributed by atoms with Crippen molar-refractivity contribution in [1.82, 2.24) is 4.90 Å². The molecule has 0 saturated heterocycles. The largest absolute Gasteiger partial charge is 0.469 e. The maximum Gasteiger partial charge on any atom is 0.306 e. The molecule has 0 saturated carbocycles. The van der Waals surface area contributed by atoms with E-state index in [2.05, 4.69) is 23.5 Å². The van der Waals surface area contributed by atoms with Crippen LogP contribution in [0.1, 0.15) is 25.8 Å². The molecule has 0 heterocycles. The average molecular weight is 270 g/mol. The monoisotopic (exact) mass is 269 g/mol. The molecule has 0 N–H and O–H groups in total. The lowest BCUT2D eigenvalue weighted by Crippen LogP contribution is -2.32. The van der Waals surface area contributed by atoms with Crippen LogP contribution in [0.4, 0.5) is 0 Å². The minimum absolute atomic E-state index is 0.170. The van der Waals surface area contributed by atoms with Gasteiger partial charge in [-0.15, -0.1) is 0 Å². The Labute approximate surface area is 114 Å². The number of hydrogen-bond acceptors (Lipinski definition) is 3. The van der Waals surface area contributed by atoms with Gasteiger partial charge in [-0.2, -0.15) is 0 Å². The van der Waals surface area contributed by atoms with Gasteiger partial charge < -0.3 is 4.74 Å². The molecule has 1 rings (SSSR count). The number of carbonyl (C=O) groups excluding carboxylic acids is 1. The molecule has 0 bridgehead atoms. The van der Waals surface area contributed by atoms with Crippen LogP contribution in [0, 0.1) is 0 Å². The number of methoxy groups -OCH3 is 1. The fourth-order valence-electron chi connectivity index (χ4n) is 1.68. The summed E-state index contributed by atoms with van der Waals surface area (Å²) in [5.74, 6) is -0.170. The second kappa shape index (κ2) is 7.39. The molecule has 0 unspecified atom stereocenters. The van der Waals surface area contributed by atoms with E-state index in [1.165, 1.54) is 12.7 Å². The highest BCUT2D eigenvalue weighted by Crippen LogP contribution is 2.13. The van der Waals surface area contributed by atoms with Crippen LogP contribution in [0.25, 0.3) is 0 Å². The predicted molar refractivity (Wildman–Crippen MR) is 73.6 cm³/mol. The molecule has 100 valence electrons. The van der Waals surface area contributed by atoms with Crippen molar-refractivity contribution >= 4 is 17.6 Å². The van der Waals surface area contributed by atoms with Crippen LogP contribution in [0.3, 0.4) is 0 Å². The molecule has 0 fully saturated rings. The molecule has 1 aromatic rings. The fraction of sp³-hybridized carbons (Fsp3) is 0.500. The summed E-state index contributed by atoms with van der Waals surface area (Å²) in [5, 5.41) is 0.740. The van der Waals surface area contributed by atoms with E-state index < -0.39 is 0 Å². The summed E-state index contributed by atoms with van der Waals surface area (Å²) in [5.41, 5.74) is 1.19. The number of nitrogens with zero attached hydrogens (tertiary/aromatic N) is 1. The van der Waals surface area contributed by atoms with Gasteiger partial charge in [0.15, 0.2) is 0 Å². The summed E-state index contributed by atoms with van der Waals surface area (Å²) in [6.07, 6.45) is 0.419. The number of benzene rings is 1. The highest BCUT2D eigenvalue weighted by Gasteiger charge is 2.12. The van der Waals surface area contributed by atoms with E-state index in [0.29, 0.717) is 19.0 Å². The van der Waals surface area contributed by atoms with Crippen molar-refractivity contribution in [1.29, 1.82) is 0 Å². The predicted octanol–water partition coefficient (Wildman–Crippen LogP) is 3.11. The normalized spacial score (nSPS) is 11.0. The number of ether oxygens (including phenoxy) is 1. The molecule has 0 aromatic heterocycles. The Morgan fingerprint density at radius 2 is 1.94 bits per heavy atom. The van der Waals surface area contributed by atoms with Gasteiger partial charge in [-0.3, -0.25) is 9.69 Å². The van der Waals surface area contributed by atoms with Crippen LogP contribution in [0.2, 0.25) is 5.02 Å². The molecular formula is C14H20ClNO2. The van der Waals surface area contributed by atoms with Gasteiger partial charge in [-0.1, -0.05) is 23.7 Å². The van der Waals surface area contributed by atoms with Gasteiger partial charge in [0.05, 0.1) is 13.5 Å². The number of carbonyl (C=O) groups is 1. The zero-order valence-corrected chi connectivity index (χ0v) is 11.9. The summed E-state index contributed by atoms with van der Waals surface area (Å²) < 4.78 is 4.66. The van der Waals surface area contributed by atoms with Crippen LogP contribution in [0.15, 0.2) is 24.3 Å². The first kappa shape index (κ1) is 15.0. The van der Waals surface area contributed by atoms with Gasteiger partial charge in [0.25, 0.3) is 0 Å². The van der Waals surface area contributed by atoms with Crippen LogP contribution >= 0.6 is 11.6 Å². The third-order valence-electron chi connectivity index (χ3n) is 2.86. The third-order valence-corrected chi connectivity index (χ3v) is 3.11. The lowest BCUT2D eigenvalue weighted by molar-refractivity contribution is -0.141. The second-order valence-electron chi connectivity index (χ2n) is 4.52. The van der Waals surface area contributed by atoms with Crippen molar-refractivity contribution in [3.63, 3.8) is 0 Å². The fourth-order valence-corrected chi connectivity index (χ4v) is 1.81. The Kier molecular flexibility index (Phi) is 6.16. The van der Waals surface area contributed by atoms with Crippen molar-refractivity contribution < 1.29 is 9.53 Å². The van der Waals surface area contributed by atoms with Crippen molar-refractivity contribution in [2.75, 3.05) is 13.7 Å². The third kappa shape index (κ3) is 5.07. The Morgan fingerprint density at radius 3 is 2.44 bits per heavy atom. The van der Waals surface area contributed by atoms with Crippen LogP contribution < -0.4 is 0 Å². The van der Waals surface area contributed by atoms with E-state index in [-0.39, 0.29) is 5.97 Å². The first-order chi connectivity index (χ1) is 8.52. The lowest BCUT2D eigenvalue weighted by atomic mass is 10.2. The Morgan fingerprint density at radius 1 is 1.33 bits per heavy atom. The standard InChI is InChI=1S/C14H20ClNO2/c1-11(2)16(9-8-14(17)18-3)10-12-4-6-13(15)7-5-12/h4-7,11H,8-10H2,1-3H3. The number of hydrogen-bond donors (Lipinski definition) is 0. The SMILES string of the molecule is COC(=O)CCN(Cc1ccc(Cl)cc1)C(C)C. The molecular weight excluding hydrogens is 250 g/mol. The zero-order valence-electron chi connectivity index (χ0n) is 11.1. The van der Waals surface area contributed by atoms with Gasteiger partial charge in [-0.25, -0.2) is 0 Å². The van der Waals surface area contributed by atoms with E-state index in [1.54, 1.807) is 0 Å². The quantitative estimate of drug-likeness (QED) is 0.743. The van der Waals surface area contributed by atoms with Crippen LogP contribution in [0.5, 0.6) is 0 Å². The van der Waals surface area contributed by atoms with Crippen molar-refractivity contribution in [3.8, 4) is 0 Å². The molecule has 0 aliphatic heterocycles. The Hall–Kier alpha value is -1.06. The van der Waals surface area contributed by atoms with Crippen LogP contribution in [-0.2, 0) is 16.1 Å². The Balaban J connectivity index is 2.57. The van der Waals surface area contributed by atoms with Gasteiger partial charge in [-0.05, 0) is 31.5 Å². The first-order valence-corrected chi connectivity index (χ1v) is 6.46. The summed E-state index contributed by atoms with van der Waals surface area (Å²) in [6.45, 7) is 5.75. The number of rotatable bonds is 6. The van der Waals surface area contributed by atoms with E-state index >= 15 is 0 Å². The van der Waals surface area contributed by atoms with Crippen molar-refractivity contribution in [2.45, 2.75) is 32.9 Å². The van der Waals surface area contributed by atoms with E-state index in [0.717, 1.165) is 11.6 Å². The molecule has 0 atom stereocenters. The van der Waals surface area contributed by atoms with Gasteiger partial charge in [0.2, 0.25) is 0 Å². The van der Waals surface area contributed by atoms with E-state index in [1.807, 2.05) is 24.3 Å². The molecule has 0 spiro atoms. The minimum atomic E-state index is -0.170. The molecule has 4 heteroatoms. The highest BCUT2D eigenvalue weighted by molar-refractivity contribution is 6.30. The minimum Gasteiger partial charge on any atom is -0.469 e. The topological polar surface area (TPSA) is 29.5 Å². The van der Waals surface area contributed by atoms with Crippen molar-refractivity contribution in [3.05, 3.63) is 34.9 Å². The van der Waals surface area contributed by atoms with E-state index in [9.17, 15) is 4.79 Å². The van der Waals surface area contributed by atoms with E-state index in [4.69, 9.17) is 11.6 Å². The highest BCUT2D eigenvalue weighted by atomic mass is 35.5. The summed E-state index contributed by atoms with van der Waals surface area (Å²) in [4.78, 5) is 13.4. The molecule has 18 heavy (non-hydrogen) atoms. The molecule has 0 radical (unpaired) electrons. The maximum atomic E-state index is 11.2. The molecule has 1 aromatic carbocycles. The molecule has 3 nitrogen and oxygen atoms in total.